The van der Waals surface area contributed by atoms with Crippen LogP contribution in [0.4, 0.5) is 0 Å². The Morgan fingerprint density at radius 1 is 1.09 bits per heavy atom. The summed E-state index contributed by atoms with van der Waals surface area (Å²) in [5.74, 6) is -0.0710. The molecule has 1 atom stereocenters. The Labute approximate surface area is 135 Å². The lowest BCUT2D eigenvalue weighted by molar-refractivity contribution is -0.125. The highest BCUT2D eigenvalue weighted by atomic mass is 16.1. The number of benzene rings is 1. The molecule has 1 aromatic rings. The fourth-order valence-corrected chi connectivity index (χ4v) is 2.98. The molecule has 0 aliphatic rings. The van der Waals surface area contributed by atoms with Crippen LogP contribution >= 0.6 is 0 Å². The first-order valence-electron chi connectivity index (χ1n) is 8.07. The standard InChI is InChI=1S/C19H32N2O/c1-14(2)19(17(20)22,12-13-21(6)7)16-10-8-15(9-11-16)18(3,4)5/h8-11,14H,12-13H2,1-7H3,(H2,20,22). The average molecular weight is 304 g/mol. The Kier molecular flexibility index (Phi) is 5.80. The monoisotopic (exact) mass is 304 g/mol. The summed E-state index contributed by atoms with van der Waals surface area (Å²) >= 11 is 0. The Morgan fingerprint density at radius 3 is 1.86 bits per heavy atom. The minimum Gasteiger partial charge on any atom is -0.369 e. The van der Waals surface area contributed by atoms with E-state index < -0.39 is 5.41 Å². The molecular formula is C19H32N2O. The average Bonchev–Trinajstić information content (AvgIpc) is 2.37. The van der Waals surface area contributed by atoms with E-state index >= 15 is 0 Å². The molecule has 0 heterocycles. The van der Waals surface area contributed by atoms with Gasteiger partial charge in [-0.2, -0.15) is 0 Å². The van der Waals surface area contributed by atoms with E-state index in [0.29, 0.717) is 0 Å². The summed E-state index contributed by atoms with van der Waals surface area (Å²) in [5, 5.41) is 0. The SMILES string of the molecule is CC(C)C(CCN(C)C)(C(N)=O)c1ccc(C(C)(C)C)cc1. The van der Waals surface area contributed by atoms with Crippen LogP contribution < -0.4 is 5.73 Å². The predicted molar refractivity (Wildman–Crippen MR) is 94.0 cm³/mol. The van der Waals surface area contributed by atoms with Crippen LogP contribution in [0.2, 0.25) is 0 Å². The summed E-state index contributed by atoms with van der Waals surface area (Å²) in [6.07, 6.45) is 0.738. The van der Waals surface area contributed by atoms with Crippen molar-refractivity contribution in [3.63, 3.8) is 0 Å². The molecule has 0 aliphatic carbocycles. The molecule has 0 fully saturated rings. The molecule has 1 rings (SSSR count). The summed E-state index contributed by atoms with van der Waals surface area (Å²) in [6, 6.07) is 8.43. The van der Waals surface area contributed by atoms with E-state index in [1.807, 2.05) is 14.1 Å². The van der Waals surface area contributed by atoms with Crippen molar-refractivity contribution in [2.45, 2.75) is 51.9 Å². The second kappa shape index (κ2) is 6.82. The quantitative estimate of drug-likeness (QED) is 0.876. The fourth-order valence-electron chi connectivity index (χ4n) is 2.98. The highest BCUT2D eigenvalue weighted by molar-refractivity contribution is 5.87. The number of hydrogen-bond acceptors (Lipinski definition) is 2. The zero-order valence-corrected chi connectivity index (χ0v) is 15.2. The molecule has 0 aliphatic heterocycles. The van der Waals surface area contributed by atoms with Crippen molar-refractivity contribution in [2.75, 3.05) is 20.6 Å². The number of primary amides is 1. The third kappa shape index (κ3) is 3.89. The van der Waals surface area contributed by atoms with E-state index in [-0.39, 0.29) is 17.2 Å². The summed E-state index contributed by atoms with van der Waals surface area (Å²) in [5.41, 5.74) is 7.66. The number of nitrogens with zero attached hydrogens (tertiary/aromatic N) is 1. The van der Waals surface area contributed by atoms with Crippen molar-refractivity contribution in [3.05, 3.63) is 35.4 Å². The molecule has 1 aromatic carbocycles. The minimum absolute atomic E-state index is 0.107. The van der Waals surface area contributed by atoms with Gasteiger partial charge in [0.2, 0.25) is 5.91 Å². The van der Waals surface area contributed by atoms with Crippen LogP contribution in [-0.2, 0) is 15.6 Å². The van der Waals surface area contributed by atoms with Gasteiger partial charge >= 0.3 is 0 Å². The second-order valence-electron chi connectivity index (χ2n) is 7.87. The molecular weight excluding hydrogens is 272 g/mol. The number of nitrogens with two attached hydrogens (primary N) is 1. The first kappa shape index (κ1) is 18.7. The van der Waals surface area contributed by atoms with Gasteiger partial charge in [0, 0.05) is 0 Å². The van der Waals surface area contributed by atoms with Gasteiger partial charge in [0.25, 0.3) is 0 Å². The smallest absolute Gasteiger partial charge is 0.228 e. The van der Waals surface area contributed by atoms with Crippen molar-refractivity contribution in [3.8, 4) is 0 Å². The molecule has 0 saturated heterocycles. The van der Waals surface area contributed by atoms with E-state index in [9.17, 15) is 4.79 Å². The lowest BCUT2D eigenvalue weighted by atomic mass is 9.68. The van der Waals surface area contributed by atoms with Gasteiger partial charge in [-0.25, -0.2) is 0 Å². The molecule has 0 aromatic heterocycles. The van der Waals surface area contributed by atoms with Gasteiger partial charge in [-0.15, -0.1) is 0 Å². The minimum atomic E-state index is -0.610. The third-order valence-corrected chi connectivity index (χ3v) is 4.64. The molecule has 3 heteroatoms. The lowest BCUT2D eigenvalue weighted by Crippen LogP contribution is -2.47. The zero-order chi connectivity index (χ0) is 17.1. The molecule has 3 nitrogen and oxygen atoms in total. The maximum Gasteiger partial charge on any atom is 0.228 e. The van der Waals surface area contributed by atoms with Crippen LogP contribution in [0, 0.1) is 5.92 Å². The molecule has 0 spiro atoms. The van der Waals surface area contributed by atoms with Gasteiger partial charge in [-0.1, -0.05) is 58.9 Å². The molecule has 1 amide bonds. The van der Waals surface area contributed by atoms with Crippen LogP contribution in [0.1, 0.15) is 52.2 Å². The second-order valence-corrected chi connectivity index (χ2v) is 7.87. The molecule has 2 N–H and O–H groups in total. The van der Waals surface area contributed by atoms with Crippen molar-refractivity contribution in [1.82, 2.24) is 4.90 Å². The van der Waals surface area contributed by atoms with Crippen molar-refractivity contribution >= 4 is 5.91 Å². The summed E-state index contributed by atoms with van der Waals surface area (Å²) in [6.45, 7) is 11.6. The molecule has 0 bridgehead atoms. The Hall–Kier alpha value is -1.35. The van der Waals surface area contributed by atoms with Gasteiger partial charge in [-0.3, -0.25) is 4.79 Å². The fraction of sp³-hybridized carbons (Fsp3) is 0.632. The van der Waals surface area contributed by atoms with Crippen molar-refractivity contribution in [1.29, 1.82) is 0 Å². The van der Waals surface area contributed by atoms with Gasteiger partial charge < -0.3 is 10.6 Å². The normalized spacial score (nSPS) is 15.1. The summed E-state index contributed by atoms with van der Waals surface area (Å²) < 4.78 is 0. The Bertz CT molecular complexity index is 497. The number of rotatable bonds is 6. The highest BCUT2D eigenvalue weighted by Gasteiger charge is 2.41. The molecule has 0 saturated carbocycles. The topological polar surface area (TPSA) is 46.3 Å². The highest BCUT2D eigenvalue weighted by Crippen LogP contribution is 2.37. The molecule has 0 radical (unpaired) electrons. The van der Waals surface area contributed by atoms with Crippen LogP contribution in [0.3, 0.4) is 0 Å². The maximum absolute atomic E-state index is 12.4. The Balaban J connectivity index is 3.29. The van der Waals surface area contributed by atoms with Gasteiger partial charge in [0.1, 0.15) is 0 Å². The molecule has 22 heavy (non-hydrogen) atoms. The molecule has 124 valence electrons. The van der Waals surface area contributed by atoms with Crippen LogP contribution in [0.5, 0.6) is 0 Å². The number of hydrogen-bond donors (Lipinski definition) is 1. The number of amides is 1. The zero-order valence-electron chi connectivity index (χ0n) is 15.2. The van der Waals surface area contributed by atoms with Crippen molar-refractivity contribution < 1.29 is 4.79 Å². The van der Waals surface area contributed by atoms with Crippen molar-refractivity contribution in [2.24, 2.45) is 11.7 Å². The van der Waals surface area contributed by atoms with E-state index in [2.05, 4.69) is 63.8 Å². The van der Waals surface area contributed by atoms with Gasteiger partial charge in [-0.05, 0) is 49.5 Å². The largest absolute Gasteiger partial charge is 0.369 e. The van der Waals surface area contributed by atoms with Gasteiger partial charge in [0.15, 0.2) is 0 Å². The number of carbonyl (C=O) groups excluding carboxylic acids is 1. The van der Waals surface area contributed by atoms with E-state index in [4.69, 9.17) is 5.73 Å². The predicted octanol–water partition coefficient (Wildman–Crippen LogP) is 3.31. The summed E-state index contributed by atoms with van der Waals surface area (Å²) in [4.78, 5) is 14.5. The van der Waals surface area contributed by atoms with E-state index in [1.165, 1.54) is 5.56 Å². The summed E-state index contributed by atoms with van der Waals surface area (Å²) in [7, 11) is 4.05. The molecule has 1 unspecified atom stereocenters. The first-order chi connectivity index (χ1) is 10.0. The first-order valence-corrected chi connectivity index (χ1v) is 8.07. The Morgan fingerprint density at radius 2 is 1.55 bits per heavy atom. The van der Waals surface area contributed by atoms with Gasteiger partial charge in [0.05, 0.1) is 5.41 Å². The number of carbonyl (C=O) groups is 1. The van der Waals surface area contributed by atoms with Crippen LogP contribution in [-0.4, -0.2) is 31.4 Å². The third-order valence-electron chi connectivity index (χ3n) is 4.64. The lowest BCUT2D eigenvalue weighted by Gasteiger charge is -2.36. The van der Waals surface area contributed by atoms with E-state index in [0.717, 1.165) is 18.5 Å². The van der Waals surface area contributed by atoms with Crippen LogP contribution in [0.25, 0.3) is 0 Å². The van der Waals surface area contributed by atoms with E-state index in [1.54, 1.807) is 0 Å². The van der Waals surface area contributed by atoms with Crippen LogP contribution in [0.15, 0.2) is 24.3 Å². The maximum atomic E-state index is 12.4.